The van der Waals surface area contributed by atoms with Crippen LogP contribution in [0.3, 0.4) is 0 Å². The zero-order valence-electron chi connectivity index (χ0n) is 10.6. The second-order valence-corrected chi connectivity index (χ2v) is 4.01. The second kappa shape index (κ2) is 7.14. The van der Waals surface area contributed by atoms with E-state index < -0.39 is 0 Å². The van der Waals surface area contributed by atoms with Gasteiger partial charge in [0, 0.05) is 6.04 Å². The molecule has 0 bridgehead atoms. The lowest BCUT2D eigenvalue weighted by atomic mass is 10.0. The molecule has 1 atom stereocenters. The minimum absolute atomic E-state index is 0.0290. The van der Waals surface area contributed by atoms with Gasteiger partial charge >= 0.3 is 0 Å². The fraction of sp³-hybridized carbons (Fsp3) is 0.538. The molecule has 17 heavy (non-hydrogen) atoms. The van der Waals surface area contributed by atoms with Crippen molar-refractivity contribution < 1.29 is 9.47 Å². The molecule has 1 aromatic carbocycles. The summed E-state index contributed by atoms with van der Waals surface area (Å²) in [5.74, 6) is 1.45. The van der Waals surface area contributed by atoms with E-state index in [1.54, 1.807) is 14.2 Å². The van der Waals surface area contributed by atoms with Crippen LogP contribution in [0, 0.1) is 0 Å². The normalized spacial score (nSPS) is 12.2. The first-order chi connectivity index (χ1) is 8.22. The smallest absolute Gasteiger partial charge is 0.161 e. The number of hydrogen-bond acceptors (Lipinski definition) is 4. The molecule has 0 heterocycles. The first kappa shape index (κ1) is 13.8. The largest absolute Gasteiger partial charge is 0.493 e. The third-order valence-corrected chi connectivity index (χ3v) is 2.81. The molecule has 0 saturated carbocycles. The van der Waals surface area contributed by atoms with Crippen molar-refractivity contribution in [3.63, 3.8) is 0 Å². The summed E-state index contributed by atoms with van der Waals surface area (Å²) < 4.78 is 10.4. The Morgan fingerprint density at radius 3 is 2.41 bits per heavy atom. The molecule has 1 rings (SSSR count). The Bertz CT molecular complexity index is 342. The van der Waals surface area contributed by atoms with Crippen LogP contribution in [0.25, 0.3) is 0 Å². The molecular formula is C13H22N2O2. The molecule has 0 aliphatic heterocycles. The van der Waals surface area contributed by atoms with Crippen molar-refractivity contribution in [1.82, 2.24) is 0 Å². The van der Waals surface area contributed by atoms with Crippen LogP contribution in [-0.4, -0.2) is 20.8 Å². The van der Waals surface area contributed by atoms with Crippen LogP contribution in [0.4, 0.5) is 0 Å². The van der Waals surface area contributed by atoms with Gasteiger partial charge in [0.25, 0.3) is 0 Å². The van der Waals surface area contributed by atoms with Crippen molar-refractivity contribution in [2.75, 3.05) is 20.8 Å². The first-order valence-electron chi connectivity index (χ1n) is 5.90. The number of nitrogens with two attached hydrogens (primary N) is 2. The lowest BCUT2D eigenvalue weighted by molar-refractivity contribution is 0.354. The lowest BCUT2D eigenvalue weighted by Gasteiger charge is -2.14. The van der Waals surface area contributed by atoms with Gasteiger partial charge in [-0.15, -0.1) is 0 Å². The molecule has 0 amide bonds. The van der Waals surface area contributed by atoms with E-state index in [9.17, 15) is 0 Å². The molecule has 0 aliphatic carbocycles. The van der Waals surface area contributed by atoms with Crippen molar-refractivity contribution in [1.29, 1.82) is 0 Å². The van der Waals surface area contributed by atoms with E-state index in [1.165, 1.54) is 0 Å². The Balaban J connectivity index is 2.70. The van der Waals surface area contributed by atoms with Gasteiger partial charge in [-0.1, -0.05) is 12.5 Å². The molecule has 0 saturated heterocycles. The summed E-state index contributed by atoms with van der Waals surface area (Å²) in [6.07, 6.45) is 3.00. The number of rotatable bonds is 7. The van der Waals surface area contributed by atoms with E-state index in [0.717, 1.165) is 42.9 Å². The highest BCUT2D eigenvalue weighted by molar-refractivity contribution is 5.43. The SMILES string of the molecule is COc1ccc([C@@H](N)CCCCN)cc1OC. The standard InChI is InChI=1S/C13H22N2O2/c1-16-12-7-6-10(9-13(12)17-2)11(15)5-3-4-8-14/h6-7,9,11H,3-5,8,14-15H2,1-2H3/t11-/m0/s1. The number of unbranched alkanes of at least 4 members (excludes halogenated alkanes) is 1. The highest BCUT2D eigenvalue weighted by Crippen LogP contribution is 2.30. The van der Waals surface area contributed by atoms with E-state index in [1.807, 2.05) is 18.2 Å². The van der Waals surface area contributed by atoms with Gasteiger partial charge in [-0.05, 0) is 37.1 Å². The van der Waals surface area contributed by atoms with Gasteiger partial charge < -0.3 is 20.9 Å². The zero-order valence-corrected chi connectivity index (χ0v) is 10.6. The zero-order chi connectivity index (χ0) is 12.7. The van der Waals surface area contributed by atoms with E-state index in [0.29, 0.717) is 0 Å². The number of ether oxygens (including phenoxy) is 2. The highest BCUT2D eigenvalue weighted by Gasteiger charge is 2.10. The maximum Gasteiger partial charge on any atom is 0.161 e. The van der Waals surface area contributed by atoms with Crippen LogP contribution in [0.1, 0.15) is 30.9 Å². The summed E-state index contributed by atoms with van der Waals surface area (Å²) in [4.78, 5) is 0. The molecule has 0 aromatic heterocycles. The van der Waals surface area contributed by atoms with Gasteiger partial charge in [0.15, 0.2) is 11.5 Å². The third kappa shape index (κ3) is 3.91. The molecule has 4 N–H and O–H groups in total. The average Bonchev–Trinajstić information content (AvgIpc) is 2.38. The van der Waals surface area contributed by atoms with Crippen LogP contribution in [0.2, 0.25) is 0 Å². The Labute approximate surface area is 103 Å². The number of hydrogen-bond donors (Lipinski definition) is 2. The molecule has 4 nitrogen and oxygen atoms in total. The molecule has 1 aromatic rings. The Morgan fingerprint density at radius 2 is 1.82 bits per heavy atom. The first-order valence-corrected chi connectivity index (χ1v) is 5.90. The van der Waals surface area contributed by atoms with Gasteiger partial charge in [0.2, 0.25) is 0 Å². The summed E-state index contributed by atoms with van der Waals surface area (Å²) in [5, 5.41) is 0. The van der Waals surface area contributed by atoms with Crippen molar-refractivity contribution in [3.05, 3.63) is 23.8 Å². The fourth-order valence-electron chi connectivity index (χ4n) is 1.76. The average molecular weight is 238 g/mol. The molecule has 0 unspecified atom stereocenters. The van der Waals surface area contributed by atoms with Gasteiger partial charge in [0.05, 0.1) is 14.2 Å². The minimum Gasteiger partial charge on any atom is -0.493 e. The summed E-state index contributed by atoms with van der Waals surface area (Å²) in [6, 6.07) is 5.83. The third-order valence-electron chi connectivity index (χ3n) is 2.81. The molecule has 0 spiro atoms. The van der Waals surface area contributed by atoms with E-state index in [2.05, 4.69) is 0 Å². The number of benzene rings is 1. The quantitative estimate of drug-likeness (QED) is 0.711. The van der Waals surface area contributed by atoms with Crippen LogP contribution in [0.5, 0.6) is 11.5 Å². The van der Waals surface area contributed by atoms with E-state index in [4.69, 9.17) is 20.9 Å². The molecule has 96 valence electrons. The molecule has 0 fully saturated rings. The summed E-state index contributed by atoms with van der Waals surface area (Å²) in [6.45, 7) is 0.721. The monoisotopic (exact) mass is 238 g/mol. The van der Waals surface area contributed by atoms with Gasteiger partial charge in [-0.3, -0.25) is 0 Å². The summed E-state index contributed by atoms with van der Waals surface area (Å²) in [5.41, 5.74) is 12.6. The fourth-order valence-corrected chi connectivity index (χ4v) is 1.76. The van der Waals surface area contributed by atoms with Crippen LogP contribution in [0.15, 0.2) is 18.2 Å². The molecule has 4 heteroatoms. The predicted molar refractivity (Wildman–Crippen MR) is 69.4 cm³/mol. The van der Waals surface area contributed by atoms with E-state index >= 15 is 0 Å². The topological polar surface area (TPSA) is 70.5 Å². The van der Waals surface area contributed by atoms with E-state index in [-0.39, 0.29) is 6.04 Å². The summed E-state index contributed by atoms with van der Waals surface area (Å²) >= 11 is 0. The molecule has 0 radical (unpaired) electrons. The second-order valence-electron chi connectivity index (χ2n) is 4.01. The summed E-state index contributed by atoms with van der Waals surface area (Å²) in [7, 11) is 3.25. The molecule has 0 aliphatic rings. The maximum atomic E-state index is 6.11. The van der Waals surface area contributed by atoms with Crippen molar-refractivity contribution in [3.8, 4) is 11.5 Å². The van der Waals surface area contributed by atoms with Crippen molar-refractivity contribution >= 4 is 0 Å². The lowest BCUT2D eigenvalue weighted by Crippen LogP contribution is -2.11. The minimum atomic E-state index is 0.0290. The number of methoxy groups -OCH3 is 2. The van der Waals surface area contributed by atoms with Crippen molar-refractivity contribution in [2.24, 2.45) is 11.5 Å². The van der Waals surface area contributed by atoms with Gasteiger partial charge in [-0.2, -0.15) is 0 Å². The predicted octanol–water partition coefficient (Wildman–Crippen LogP) is 1.83. The van der Waals surface area contributed by atoms with Crippen molar-refractivity contribution in [2.45, 2.75) is 25.3 Å². The maximum absolute atomic E-state index is 6.11. The Morgan fingerprint density at radius 1 is 1.12 bits per heavy atom. The van der Waals surface area contributed by atoms with Gasteiger partial charge in [0.1, 0.15) is 0 Å². The van der Waals surface area contributed by atoms with Gasteiger partial charge in [-0.25, -0.2) is 0 Å². The molecular weight excluding hydrogens is 216 g/mol. The van der Waals surface area contributed by atoms with Crippen LogP contribution < -0.4 is 20.9 Å². The Hall–Kier alpha value is -1.26. The van der Waals surface area contributed by atoms with Crippen LogP contribution in [-0.2, 0) is 0 Å². The van der Waals surface area contributed by atoms with Crippen LogP contribution >= 0.6 is 0 Å². The highest BCUT2D eigenvalue weighted by atomic mass is 16.5. The Kier molecular flexibility index (Phi) is 5.80.